The molecule has 116 valence electrons. The van der Waals surface area contributed by atoms with Crippen LogP contribution in [0.2, 0.25) is 0 Å². The van der Waals surface area contributed by atoms with Crippen molar-refractivity contribution in [2.24, 2.45) is 0 Å². The molecule has 0 aliphatic carbocycles. The van der Waals surface area contributed by atoms with Gasteiger partial charge in [0.15, 0.2) is 0 Å². The van der Waals surface area contributed by atoms with Gasteiger partial charge in [0.2, 0.25) is 5.91 Å². The van der Waals surface area contributed by atoms with E-state index in [1.807, 2.05) is 37.3 Å². The molecule has 1 unspecified atom stereocenters. The van der Waals surface area contributed by atoms with Gasteiger partial charge in [-0.1, -0.05) is 30.3 Å². The van der Waals surface area contributed by atoms with E-state index in [2.05, 4.69) is 5.32 Å². The molecule has 2 aromatic carbocycles. The molecule has 1 atom stereocenters. The van der Waals surface area contributed by atoms with Crippen LogP contribution < -0.4 is 10.1 Å². The summed E-state index contributed by atoms with van der Waals surface area (Å²) in [6.07, 6.45) is 0.972. The van der Waals surface area contributed by atoms with Crippen LogP contribution in [0.25, 0.3) is 0 Å². The highest BCUT2D eigenvalue weighted by Crippen LogP contribution is 2.09. The second kappa shape index (κ2) is 8.17. The summed E-state index contributed by atoms with van der Waals surface area (Å²) in [5.74, 6) is 0.489. The van der Waals surface area contributed by atoms with E-state index in [4.69, 9.17) is 4.74 Å². The van der Waals surface area contributed by atoms with Gasteiger partial charge in [0.25, 0.3) is 0 Å². The summed E-state index contributed by atoms with van der Waals surface area (Å²) >= 11 is 0. The van der Waals surface area contributed by atoms with Gasteiger partial charge < -0.3 is 10.1 Å². The fourth-order valence-electron chi connectivity index (χ4n) is 2.04. The normalized spacial score (nSPS) is 11.7. The second-order valence-corrected chi connectivity index (χ2v) is 5.22. The fraction of sp³-hybridized carbons (Fsp3) is 0.278. The third-order valence-electron chi connectivity index (χ3n) is 3.20. The Morgan fingerprint density at radius 2 is 1.82 bits per heavy atom. The third kappa shape index (κ3) is 5.56. The highest BCUT2D eigenvalue weighted by atomic mass is 19.1. The number of carbonyl (C=O) groups excluding carboxylic acids is 1. The van der Waals surface area contributed by atoms with Crippen LogP contribution in [0.5, 0.6) is 5.75 Å². The van der Waals surface area contributed by atoms with Crippen molar-refractivity contribution in [3.8, 4) is 5.75 Å². The lowest BCUT2D eigenvalue weighted by Gasteiger charge is -2.15. The molecule has 0 aliphatic rings. The minimum atomic E-state index is -0.264. The lowest BCUT2D eigenvalue weighted by atomic mass is 10.1. The zero-order chi connectivity index (χ0) is 15.8. The van der Waals surface area contributed by atoms with Gasteiger partial charge in [0, 0.05) is 6.42 Å². The molecule has 22 heavy (non-hydrogen) atoms. The Labute approximate surface area is 130 Å². The molecule has 0 bridgehead atoms. The van der Waals surface area contributed by atoms with Crippen LogP contribution in [0.3, 0.4) is 0 Å². The third-order valence-corrected chi connectivity index (χ3v) is 3.20. The van der Waals surface area contributed by atoms with Crippen molar-refractivity contribution >= 4 is 5.91 Å². The first-order valence-electron chi connectivity index (χ1n) is 7.35. The van der Waals surface area contributed by atoms with E-state index >= 15 is 0 Å². The molecule has 0 saturated heterocycles. The molecule has 2 aromatic rings. The predicted octanol–water partition coefficient (Wildman–Crippen LogP) is 3.34. The highest BCUT2D eigenvalue weighted by Gasteiger charge is 2.08. The van der Waals surface area contributed by atoms with Crippen LogP contribution in [0.4, 0.5) is 4.39 Å². The van der Waals surface area contributed by atoms with Crippen molar-refractivity contribution in [3.05, 3.63) is 66.0 Å². The van der Waals surface area contributed by atoms with Gasteiger partial charge in [-0.25, -0.2) is 4.39 Å². The maximum atomic E-state index is 12.8. The summed E-state index contributed by atoms with van der Waals surface area (Å²) in [5, 5.41) is 2.89. The van der Waals surface area contributed by atoms with Crippen LogP contribution in [0, 0.1) is 5.82 Å². The number of ether oxygens (including phenoxy) is 1. The molecule has 3 nitrogen and oxygen atoms in total. The summed E-state index contributed by atoms with van der Waals surface area (Å²) in [4.78, 5) is 11.9. The van der Waals surface area contributed by atoms with E-state index in [0.717, 1.165) is 11.3 Å². The predicted molar refractivity (Wildman–Crippen MR) is 84.3 cm³/mol. The lowest BCUT2D eigenvalue weighted by molar-refractivity contribution is -0.121. The molecule has 0 aliphatic heterocycles. The molecule has 0 fully saturated rings. The van der Waals surface area contributed by atoms with Gasteiger partial charge in [0.1, 0.15) is 18.2 Å². The van der Waals surface area contributed by atoms with Crippen molar-refractivity contribution in [1.82, 2.24) is 5.32 Å². The fourth-order valence-corrected chi connectivity index (χ4v) is 2.04. The Hall–Kier alpha value is -2.36. The molecule has 1 amide bonds. The number of rotatable bonds is 7. The molecular formula is C18H20FNO2. The van der Waals surface area contributed by atoms with E-state index in [9.17, 15) is 9.18 Å². The van der Waals surface area contributed by atoms with Crippen molar-refractivity contribution in [2.75, 3.05) is 6.61 Å². The second-order valence-electron chi connectivity index (χ2n) is 5.22. The van der Waals surface area contributed by atoms with E-state index in [1.165, 1.54) is 12.1 Å². The zero-order valence-electron chi connectivity index (χ0n) is 12.6. The molecule has 4 heteroatoms. The number of amides is 1. The molecule has 1 N–H and O–H groups in total. The van der Waals surface area contributed by atoms with E-state index in [-0.39, 0.29) is 17.8 Å². The largest absolute Gasteiger partial charge is 0.491 e. The molecule has 0 heterocycles. The molecule has 0 spiro atoms. The van der Waals surface area contributed by atoms with Crippen LogP contribution in [0.1, 0.15) is 18.9 Å². The topological polar surface area (TPSA) is 38.3 Å². The van der Waals surface area contributed by atoms with Crippen LogP contribution in [-0.2, 0) is 11.2 Å². The Bertz CT molecular complexity index is 584. The molecule has 2 rings (SSSR count). The summed E-state index contributed by atoms with van der Waals surface area (Å²) in [7, 11) is 0. The average Bonchev–Trinajstić information content (AvgIpc) is 2.53. The Morgan fingerprint density at radius 1 is 1.14 bits per heavy atom. The smallest absolute Gasteiger partial charge is 0.220 e. The lowest BCUT2D eigenvalue weighted by Crippen LogP contribution is -2.36. The minimum Gasteiger partial charge on any atom is -0.491 e. The van der Waals surface area contributed by atoms with E-state index in [0.29, 0.717) is 19.4 Å². The van der Waals surface area contributed by atoms with Crippen molar-refractivity contribution < 1.29 is 13.9 Å². The maximum Gasteiger partial charge on any atom is 0.220 e. The van der Waals surface area contributed by atoms with Crippen molar-refractivity contribution in [1.29, 1.82) is 0 Å². The standard InChI is InChI=1S/C18H20FNO2/c1-14(13-22-17-5-3-2-4-6-17)20-18(21)12-9-15-7-10-16(19)11-8-15/h2-8,10-11,14H,9,12-13H2,1H3,(H,20,21). The van der Waals surface area contributed by atoms with Gasteiger partial charge in [-0.05, 0) is 43.2 Å². The molecular weight excluding hydrogens is 281 g/mol. The quantitative estimate of drug-likeness (QED) is 0.852. The van der Waals surface area contributed by atoms with E-state index in [1.54, 1.807) is 12.1 Å². The zero-order valence-corrected chi connectivity index (χ0v) is 12.6. The number of benzene rings is 2. The molecule has 0 aromatic heterocycles. The number of hydrogen-bond acceptors (Lipinski definition) is 2. The Morgan fingerprint density at radius 3 is 2.50 bits per heavy atom. The Kier molecular flexibility index (Phi) is 5.95. The summed E-state index contributed by atoms with van der Waals surface area (Å²) in [6, 6.07) is 15.6. The van der Waals surface area contributed by atoms with Gasteiger partial charge in [-0.2, -0.15) is 0 Å². The van der Waals surface area contributed by atoms with Gasteiger partial charge in [-0.3, -0.25) is 4.79 Å². The average molecular weight is 301 g/mol. The highest BCUT2D eigenvalue weighted by molar-refractivity contribution is 5.76. The molecule has 0 radical (unpaired) electrons. The first kappa shape index (κ1) is 16.0. The number of nitrogens with one attached hydrogen (secondary N) is 1. The molecule has 0 saturated carbocycles. The SMILES string of the molecule is CC(COc1ccccc1)NC(=O)CCc1ccc(F)cc1. The first-order chi connectivity index (χ1) is 10.6. The summed E-state index contributed by atoms with van der Waals surface area (Å²) in [6.45, 7) is 2.32. The van der Waals surface area contributed by atoms with E-state index < -0.39 is 0 Å². The van der Waals surface area contributed by atoms with Gasteiger partial charge in [0.05, 0.1) is 6.04 Å². The van der Waals surface area contributed by atoms with Crippen molar-refractivity contribution in [2.45, 2.75) is 25.8 Å². The van der Waals surface area contributed by atoms with Crippen LogP contribution in [0.15, 0.2) is 54.6 Å². The number of halogens is 1. The number of aryl methyl sites for hydroxylation is 1. The maximum absolute atomic E-state index is 12.8. The van der Waals surface area contributed by atoms with Crippen LogP contribution in [-0.4, -0.2) is 18.6 Å². The van der Waals surface area contributed by atoms with Gasteiger partial charge in [-0.15, -0.1) is 0 Å². The monoisotopic (exact) mass is 301 g/mol. The summed E-state index contributed by atoms with van der Waals surface area (Å²) < 4.78 is 18.4. The first-order valence-corrected chi connectivity index (χ1v) is 7.35. The van der Waals surface area contributed by atoms with Crippen molar-refractivity contribution in [3.63, 3.8) is 0 Å². The number of hydrogen-bond donors (Lipinski definition) is 1. The van der Waals surface area contributed by atoms with Crippen LogP contribution >= 0.6 is 0 Å². The Balaban J connectivity index is 1.68. The summed E-state index contributed by atoms with van der Waals surface area (Å²) in [5.41, 5.74) is 0.949. The van der Waals surface area contributed by atoms with Gasteiger partial charge >= 0.3 is 0 Å². The number of para-hydroxylation sites is 1. The number of carbonyl (C=O) groups is 1. The minimum absolute atomic E-state index is 0.0338.